The van der Waals surface area contributed by atoms with Crippen molar-refractivity contribution in [3.8, 4) is 5.75 Å². The molecule has 0 saturated carbocycles. The summed E-state index contributed by atoms with van der Waals surface area (Å²) in [5.74, 6) is 0.786. The number of rotatable bonds is 2. The Kier molecular flexibility index (Phi) is 2.77. The van der Waals surface area contributed by atoms with Gasteiger partial charge >= 0.3 is 0 Å². The van der Waals surface area contributed by atoms with Crippen LogP contribution < -0.4 is 4.74 Å². The van der Waals surface area contributed by atoms with Gasteiger partial charge < -0.3 is 9.47 Å². The van der Waals surface area contributed by atoms with Crippen LogP contribution in [0.15, 0.2) is 24.5 Å². The van der Waals surface area contributed by atoms with Crippen molar-refractivity contribution in [2.75, 3.05) is 6.61 Å². The topological polar surface area (TPSA) is 31.4 Å². The minimum absolute atomic E-state index is 0.0713. The zero-order valence-electron chi connectivity index (χ0n) is 7.48. The van der Waals surface area contributed by atoms with Crippen LogP contribution in [0, 0.1) is 0 Å². The second-order valence-corrected chi connectivity index (χ2v) is 3.10. The van der Waals surface area contributed by atoms with E-state index in [2.05, 4.69) is 4.98 Å². The molecule has 1 atom stereocenters. The van der Waals surface area contributed by atoms with Crippen molar-refractivity contribution in [3.63, 3.8) is 0 Å². The van der Waals surface area contributed by atoms with Crippen molar-refractivity contribution in [2.45, 2.75) is 25.6 Å². The van der Waals surface area contributed by atoms with Gasteiger partial charge in [0.1, 0.15) is 5.75 Å². The second kappa shape index (κ2) is 4.23. The van der Waals surface area contributed by atoms with E-state index >= 15 is 0 Å². The Labute approximate surface area is 77.7 Å². The molecule has 3 heteroatoms. The molecule has 0 amide bonds. The van der Waals surface area contributed by atoms with E-state index in [9.17, 15) is 0 Å². The van der Waals surface area contributed by atoms with E-state index in [1.165, 1.54) is 6.42 Å². The van der Waals surface area contributed by atoms with Gasteiger partial charge in [-0.15, -0.1) is 0 Å². The molecule has 1 unspecified atom stereocenters. The quantitative estimate of drug-likeness (QED) is 0.695. The van der Waals surface area contributed by atoms with E-state index in [-0.39, 0.29) is 6.29 Å². The van der Waals surface area contributed by atoms with Crippen LogP contribution in [0.1, 0.15) is 19.3 Å². The highest BCUT2D eigenvalue weighted by Crippen LogP contribution is 2.17. The largest absolute Gasteiger partial charge is 0.463 e. The van der Waals surface area contributed by atoms with Crippen molar-refractivity contribution in [1.29, 1.82) is 0 Å². The highest BCUT2D eigenvalue weighted by Gasteiger charge is 2.14. The Morgan fingerprint density at radius 1 is 1.46 bits per heavy atom. The van der Waals surface area contributed by atoms with E-state index in [4.69, 9.17) is 9.47 Å². The van der Waals surface area contributed by atoms with Gasteiger partial charge in [-0.1, -0.05) is 0 Å². The van der Waals surface area contributed by atoms with Crippen LogP contribution in [0.3, 0.4) is 0 Å². The third-order valence-corrected chi connectivity index (χ3v) is 2.04. The standard InChI is InChI=1S/C10H13NO2/c1-2-7-12-10(5-1)13-9-4-3-6-11-8-9/h3-4,6,8,10H,1-2,5,7H2. The number of nitrogens with zero attached hydrogens (tertiary/aromatic N) is 1. The number of hydrogen-bond acceptors (Lipinski definition) is 3. The Morgan fingerprint density at radius 3 is 3.15 bits per heavy atom. The molecule has 1 saturated heterocycles. The monoisotopic (exact) mass is 179 g/mol. The van der Waals surface area contributed by atoms with Gasteiger partial charge in [-0.05, 0) is 25.0 Å². The minimum Gasteiger partial charge on any atom is -0.463 e. The highest BCUT2D eigenvalue weighted by molar-refractivity contribution is 5.15. The maximum atomic E-state index is 5.57. The Morgan fingerprint density at radius 2 is 2.46 bits per heavy atom. The highest BCUT2D eigenvalue weighted by atomic mass is 16.7. The van der Waals surface area contributed by atoms with E-state index in [0.29, 0.717) is 0 Å². The van der Waals surface area contributed by atoms with Gasteiger partial charge in [-0.25, -0.2) is 0 Å². The molecule has 70 valence electrons. The summed E-state index contributed by atoms with van der Waals surface area (Å²) in [5, 5.41) is 0. The summed E-state index contributed by atoms with van der Waals surface area (Å²) in [6.07, 6.45) is 6.68. The third-order valence-electron chi connectivity index (χ3n) is 2.04. The molecule has 1 aliphatic heterocycles. The van der Waals surface area contributed by atoms with Gasteiger partial charge in [-0.2, -0.15) is 0 Å². The Balaban J connectivity index is 1.90. The van der Waals surface area contributed by atoms with Crippen molar-refractivity contribution < 1.29 is 9.47 Å². The van der Waals surface area contributed by atoms with Gasteiger partial charge in [0.2, 0.25) is 0 Å². The molecular weight excluding hydrogens is 166 g/mol. The second-order valence-electron chi connectivity index (χ2n) is 3.10. The molecule has 0 aromatic carbocycles. The van der Waals surface area contributed by atoms with Gasteiger partial charge in [0, 0.05) is 12.6 Å². The SMILES string of the molecule is c1cncc(OC2CCCCO2)c1. The van der Waals surface area contributed by atoms with Crippen molar-refractivity contribution >= 4 is 0 Å². The zero-order valence-corrected chi connectivity index (χ0v) is 7.48. The number of aromatic nitrogens is 1. The Bertz CT molecular complexity index is 244. The molecule has 13 heavy (non-hydrogen) atoms. The molecule has 2 heterocycles. The predicted molar refractivity (Wildman–Crippen MR) is 48.5 cm³/mol. The maximum absolute atomic E-state index is 5.57. The molecule has 3 nitrogen and oxygen atoms in total. The summed E-state index contributed by atoms with van der Waals surface area (Å²) >= 11 is 0. The molecule has 0 radical (unpaired) electrons. The summed E-state index contributed by atoms with van der Waals surface area (Å²) in [5.41, 5.74) is 0. The van der Waals surface area contributed by atoms with Gasteiger partial charge in [0.05, 0.1) is 12.8 Å². The molecule has 1 aromatic heterocycles. The first-order chi connectivity index (χ1) is 6.45. The average Bonchev–Trinajstić information content (AvgIpc) is 2.21. The fourth-order valence-corrected chi connectivity index (χ4v) is 1.37. The first-order valence-electron chi connectivity index (χ1n) is 4.63. The van der Waals surface area contributed by atoms with Gasteiger partial charge in [0.15, 0.2) is 6.29 Å². The van der Waals surface area contributed by atoms with Crippen LogP contribution in [-0.4, -0.2) is 17.9 Å². The van der Waals surface area contributed by atoms with E-state index in [1.54, 1.807) is 12.4 Å². The third kappa shape index (κ3) is 2.42. The van der Waals surface area contributed by atoms with Crippen LogP contribution in [-0.2, 0) is 4.74 Å². The maximum Gasteiger partial charge on any atom is 0.199 e. The van der Waals surface area contributed by atoms with Crippen LogP contribution in [0.4, 0.5) is 0 Å². The fraction of sp³-hybridized carbons (Fsp3) is 0.500. The molecule has 0 aliphatic carbocycles. The fourth-order valence-electron chi connectivity index (χ4n) is 1.37. The zero-order chi connectivity index (χ0) is 8.93. The minimum atomic E-state index is -0.0713. The summed E-state index contributed by atoms with van der Waals surface area (Å²) in [6.45, 7) is 0.810. The van der Waals surface area contributed by atoms with Crippen LogP contribution >= 0.6 is 0 Å². The van der Waals surface area contributed by atoms with Gasteiger partial charge in [-0.3, -0.25) is 4.98 Å². The number of ether oxygens (including phenoxy) is 2. The van der Waals surface area contributed by atoms with Crippen molar-refractivity contribution in [1.82, 2.24) is 4.98 Å². The lowest BCUT2D eigenvalue weighted by molar-refractivity contribution is -0.106. The lowest BCUT2D eigenvalue weighted by Gasteiger charge is -2.23. The lowest BCUT2D eigenvalue weighted by Crippen LogP contribution is -2.24. The van der Waals surface area contributed by atoms with E-state index < -0.39 is 0 Å². The molecule has 1 aromatic rings. The molecule has 2 rings (SSSR count). The molecule has 1 fully saturated rings. The molecule has 0 spiro atoms. The van der Waals surface area contributed by atoms with E-state index in [0.717, 1.165) is 25.2 Å². The summed E-state index contributed by atoms with van der Waals surface area (Å²) < 4.78 is 11.0. The van der Waals surface area contributed by atoms with Crippen molar-refractivity contribution in [3.05, 3.63) is 24.5 Å². The first kappa shape index (κ1) is 8.51. The molecular formula is C10H13NO2. The average molecular weight is 179 g/mol. The van der Waals surface area contributed by atoms with Crippen LogP contribution in [0.2, 0.25) is 0 Å². The Hall–Kier alpha value is -1.09. The van der Waals surface area contributed by atoms with Crippen LogP contribution in [0.5, 0.6) is 5.75 Å². The summed E-state index contributed by atoms with van der Waals surface area (Å²) in [7, 11) is 0. The summed E-state index contributed by atoms with van der Waals surface area (Å²) in [4.78, 5) is 3.97. The molecule has 0 bridgehead atoms. The smallest absolute Gasteiger partial charge is 0.199 e. The normalized spacial score (nSPS) is 22.6. The molecule has 1 aliphatic rings. The van der Waals surface area contributed by atoms with Crippen molar-refractivity contribution in [2.24, 2.45) is 0 Å². The first-order valence-corrected chi connectivity index (χ1v) is 4.63. The van der Waals surface area contributed by atoms with Crippen LogP contribution in [0.25, 0.3) is 0 Å². The predicted octanol–water partition coefficient (Wildman–Crippen LogP) is 1.99. The lowest BCUT2D eigenvalue weighted by atomic mass is 10.2. The number of hydrogen-bond donors (Lipinski definition) is 0. The summed E-state index contributed by atoms with van der Waals surface area (Å²) in [6, 6.07) is 3.75. The van der Waals surface area contributed by atoms with Gasteiger partial charge in [0.25, 0.3) is 0 Å². The molecule has 0 N–H and O–H groups in total. The number of pyridine rings is 1. The van der Waals surface area contributed by atoms with E-state index in [1.807, 2.05) is 12.1 Å².